The van der Waals surface area contributed by atoms with E-state index in [4.69, 9.17) is 0 Å². The summed E-state index contributed by atoms with van der Waals surface area (Å²) in [5.41, 5.74) is 0. The maximum atomic E-state index is 12.6. The molecule has 2 amide bonds. The van der Waals surface area contributed by atoms with Gasteiger partial charge in [0, 0.05) is 31.7 Å². The molecule has 20 heavy (non-hydrogen) atoms. The number of hydrogen-bond donors (Lipinski definition) is 1. The van der Waals surface area contributed by atoms with Gasteiger partial charge in [-0.05, 0) is 39.2 Å². The van der Waals surface area contributed by atoms with E-state index < -0.39 is 12.0 Å². The molecule has 3 heterocycles. The Hall–Kier alpha value is -1.30. The van der Waals surface area contributed by atoms with Crippen molar-refractivity contribution >= 4 is 12.0 Å². The Morgan fingerprint density at radius 3 is 2.55 bits per heavy atom. The minimum Gasteiger partial charge on any atom is -0.480 e. The fourth-order valence-electron chi connectivity index (χ4n) is 3.92. The summed E-state index contributed by atoms with van der Waals surface area (Å²) >= 11 is 0. The topological polar surface area (TPSA) is 64.1 Å². The highest BCUT2D eigenvalue weighted by Gasteiger charge is 2.40. The van der Waals surface area contributed by atoms with Gasteiger partial charge in [-0.25, -0.2) is 9.59 Å². The number of hydrogen-bond acceptors (Lipinski definition) is 3. The van der Waals surface area contributed by atoms with E-state index in [1.54, 1.807) is 4.90 Å². The molecule has 0 aromatic carbocycles. The number of carboxylic acid groups (broad SMARTS) is 1. The van der Waals surface area contributed by atoms with Crippen LogP contribution in [0.3, 0.4) is 0 Å². The number of carboxylic acids is 1. The molecule has 0 aromatic rings. The molecule has 3 fully saturated rings. The van der Waals surface area contributed by atoms with E-state index >= 15 is 0 Å². The van der Waals surface area contributed by atoms with E-state index in [0.717, 1.165) is 32.4 Å². The van der Waals surface area contributed by atoms with Gasteiger partial charge in [0.1, 0.15) is 6.04 Å². The van der Waals surface area contributed by atoms with Gasteiger partial charge in [-0.1, -0.05) is 0 Å². The molecule has 2 bridgehead atoms. The number of carbonyl (C=O) groups excluding carboxylic acids is 1. The summed E-state index contributed by atoms with van der Waals surface area (Å²) in [4.78, 5) is 29.7. The molecule has 6 heteroatoms. The SMILES string of the molecule is CN1C2CCC1CN(C(=O)N1CCC[C@H]1C(=O)O)CC2. The number of rotatable bonds is 1. The molecule has 6 nitrogen and oxygen atoms in total. The Labute approximate surface area is 119 Å². The predicted octanol–water partition coefficient (Wildman–Crippen LogP) is 0.824. The molecule has 3 atom stereocenters. The monoisotopic (exact) mass is 281 g/mol. The Bertz CT molecular complexity index is 414. The number of nitrogens with zero attached hydrogens (tertiary/aromatic N) is 3. The zero-order chi connectivity index (χ0) is 14.3. The van der Waals surface area contributed by atoms with Crippen LogP contribution in [0.4, 0.5) is 4.79 Å². The molecule has 0 saturated carbocycles. The molecular weight excluding hydrogens is 258 g/mol. The van der Waals surface area contributed by atoms with Gasteiger partial charge in [-0.15, -0.1) is 0 Å². The first-order chi connectivity index (χ1) is 9.58. The number of likely N-dealkylation sites (N-methyl/N-ethyl adjacent to an activating group) is 1. The summed E-state index contributed by atoms with van der Waals surface area (Å²) in [6.45, 7) is 2.08. The summed E-state index contributed by atoms with van der Waals surface area (Å²) in [7, 11) is 2.15. The number of carbonyl (C=O) groups is 2. The zero-order valence-corrected chi connectivity index (χ0v) is 12.0. The molecule has 3 rings (SSSR count). The van der Waals surface area contributed by atoms with Crippen LogP contribution in [0.1, 0.15) is 32.1 Å². The summed E-state index contributed by atoms with van der Waals surface area (Å²) < 4.78 is 0. The zero-order valence-electron chi connectivity index (χ0n) is 12.0. The molecule has 3 saturated heterocycles. The lowest BCUT2D eigenvalue weighted by molar-refractivity contribution is -0.141. The van der Waals surface area contributed by atoms with Crippen LogP contribution in [0.2, 0.25) is 0 Å². The Morgan fingerprint density at radius 1 is 1.05 bits per heavy atom. The van der Waals surface area contributed by atoms with Gasteiger partial charge in [-0.2, -0.15) is 0 Å². The smallest absolute Gasteiger partial charge is 0.326 e. The third-order valence-electron chi connectivity index (χ3n) is 5.20. The molecule has 0 spiro atoms. The van der Waals surface area contributed by atoms with Gasteiger partial charge in [0.15, 0.2) is 0 Å². The van der Waals surface area contributed by atoms with Crippen LogP contribution < -0.4 is 0 Å². The quantitative estimate of drug-likeness (QED) is 0.773. The van der Waals surface area contributed by atoms with Crippen molar-refractivity contribution in [2.45, 2.75) is 50.2 Å². The van der Waals surface area contributed by atoms with Crippen LogP contribution in [-0.2, 0) is 4.79 Å². The number of aliphatic carboxylic acids is 1. The van der Waals surface area contributed by atoms with E-state index in [9.17, 15) is 14.7 Å². The molecule has 3 aliphatic rings. The van der Waals surface area contributed by atoms with Gasteiger partial charge in [-0.3, -0.25) is 4.90 Å². The molecule has 2 unspecified atom stereocenters. The van der Waals surface area contributed by atoms with Crippen molar-refractivity contribution in [3.8, 4) is 0 Å². The number of amides is 2. The first kappa shape index (κ1) is 13.7. The molecule has 0 aliphatic carbocycles. The predicted molar refractivity (Wildman–Crippen MR) is 73.5 cm³/mol. The van der Waals surface area contributed by atoms with Crippen LogP contribution in [-0.4, -0.2) is 76.6 Å². The Morgan fingerprint density at radius 2 is 1.80 bits per heavy atom. The van der Waals surface area contributed by atoms with Crippen molar-refractivity contribution in [3.63, 3.8) is 0 Å². The number of fused-ring (bicyclic) bond motifs is 2. The highest BCUT2D eigenvalue weighted by molar-refractivity contribution is 5.83. The lowest BCUT2D eigenvalue weighted by Gasteiger charge is -2.31. The van der Waals surface area contributed by atoms with Gasteiger partial charge in [0.25, 0.3) is 0 Å². The lowest BCUT2D eigenvalue weighted by Crippen LogP contribution is -2.50. The van der Waals surface area contributed by atoms with E-state index in [1.807, 2.05) is 4.90 Å². The second-order valence-corrected chi connectivity index (χ2v) is 6.26. The van der Waals surface area contributed by atoms with Crippen LogP contribution >= 0.6 is 0 Å². The van der Waals surface area contributed by atoms with Gasteiger partial charge < -0.3 is 14.9 Å². The van der Waals surface area contributed by atoms with Gasteiger partial charge in [0.2, 0.25) is 0 Å². The van der Waals surface area contributed by atoms with E-state index in [0.29, 0.717) is 25.0 Å². The minimum absolute atomic E-state index is 0.0733. The van der Waals surface area contributed by atoms with Crippen LogP contribution in [0, 0.1) is 0 Å². The van der Waals surface area contributed by atoms with Crippen molar-refractivity contribution in [1.82, 2.24) is 14.7 Å². The van der Waals surface area contributed by atoms with Crippen LogP contribution in [0.15, 0.2) is 0 Å². The second-order valence-electron chi connectivity index (χ2n) is 6.26. The third kappa shape index (κ3) is 2.26. The minimum atomic E-state index is -0.871. The largest absolute Gasteiger partial charge is 0.480 e. The third-order valence-corrected chi connectivity index (χ3v) is 5.20. The van der Waals surface area contributed by atoms with E-state index in [1.165, 1.54) is 6.42 Å². The number of likely N-dealkylation sites (tertiary alicyclic amines) is 2. The summed E-state index contributed by atoms with van der Waals surface area (Å²) in [6, 6.07) is 0.334. The van der Waals surface area contributed by atoms with Crippen molar-refractivity contribution in [2.24, 2.45) is 0 Å². The van der Waals surface area contributed by atoms with Crippen molar-refractivity contribution < 1.29 is 14.7 Å². The highest BCUT2D eigenvalue weighted by Crippen LogP contribution is 2.29. The van der Waals surface area contributed by atoms with Crippen molar-refractivity contribution in [3.05, 3.63) is 0 Å². The van der Waals surface area contributed by atoms with Crippen molar-refractivity contribution in [2.75, 3.05) is 26.7 Å². The average Bonchev–Trinajstić information content (AvgIpc) is 2.95. The van der Waals surface area contributed by atoms with E-state index in [2.05, 4.69) is 11.9 Å². The summed E-state index contributed by atoms with van der Waals surface area (Å²) in [5.74, 6) is -0.871. The van der Waals surface area contributed by atoms with Crippen LogP contribution in [0.25, 0.3) is 0 Å². The summed E-state index contributed by atoms with van der Waals surface area (Å²) in [6.07, 6.45) is 4.76. The molecular formula is C14H23N3O3. The highest BCUT2D eigenvalue weighted by atomic mass is 16.4. The maximum Gasteiger partial charge on any atom is 0.326 e. The van der Waals surface area contributed by atoms with Crippen molar-refractivity contribution in [1.29, 1.82) is 0 Å². The average molecular weight is 281 g/mol. The fraction of sp³-hybridized carbons (Fsp3) is 0.857. The lowest BCUT2D eigenvalue weighted by atomic mass is 10.1. The molecule has 0 radical (unpaired) electrons. The first-order valence-corrected chi connectivity index (χ1v) is 7.58. The summed E-state index contributed by atoms with van der Waals surface area (Å²) in [5, 5.41) is 9.21. The first-order valence-electron chi connectivity index (χ1n) is 7.58. The fourth-order valence-corrected chi connectivity index (χ4v) is 3.92. The van der Waals surface area contributed by atoms with Crippen LogP contribution in [0.5, 0.6) is 0 Å². The Kier molecular flexibility index (Phi) is 3.58. The van der Waals surface area contributed by atoms with Gasteiger partial charge >= 0.3 is 12.0 Å². The standard InChI is InChI=1S/C14H23N3O3/c1-15-10-4-5-11(15)9-16(8-6-10)14(20)17-7-2-3-12(17)13(18)19/h10-12H,2-9H2,1H3,(H,18,19)/t10?,11?,12-/m0/s1. The maximum absolute atomic E-state index is 12.6. The normalized spacial score (nSPS) is 34.4. The second kappa shape index (κ2) is 5.24. The number of urea groups is 1. The van der Waals surface area contributed by atoms with Gasteiger partial charge in [0.05, 0.1) is 0 Å². The Balaban J connectivity index is 1.69. The molecule has 0 aromatic heterocycles. The molecule has 3 aliphatic heterocycles. The molecule has 112 valence electrons. The van der Waals surface area contributed by atoms with E-state index in [-0.39, 0.29) is 6.03 Å². The molecule has 1 N–H and O–H groups in total.